The van der Waals surface area contributed by atoms with Crippen LogP contribution in [0.2, 0.25) is 0 Å². The van der Waals surface area contributed by atoms with E-state index in [-0.39, 0.29) is 11.4 Å². The summed E-state index contributed by atoms with van der Waals surface area (Å²) in [4.78, 5) is 12.3. The SMILES string of the molecule is CC(C)COC(=O)C1(CCCC(C)(C#N)c2cccc(Br)c2)CC1. The predicted octanol–water partition coefficient (Wildman–Crippen LogP) is 5.38. The van der Waals surface area contributed by atoms with Gasteiger partial charge in [-0.3, -0.25) is 4.79 Å². The zero-order valence-electron chi connectivity index (χ0n) is 14.8. The highest BCUT2D eigenvalue weighted by atomic mass is 79.9. The number of rotatable bonds is 8. The Balaban J connectivity index is 1.92. The maximum absolute atomic E-state index is 12.3. The quantitative estimate of drug-likeness (QED) is 0.558. The lowest BCUT2D eigenvalue weighted by molar-refractivity contribution is -0.151. The van der Waals surface area contributed by atoms with E-state index >= 15 is 0 Å². The topological polar surface area (TPSA) is 50.1 Å². The van der Waals surface area contributed by atoms with E-state index in [9.17, 15) is 10.1 Å². The summed E-state index contributed by atoms with van der Waals surface area (Å²) in [6, 6.07) is 10.4. The summed E-state index contributed by atoms with van der Waals surface area (Å²) in [7, 11) is 0. The smallest absolute Gasteiger partial charge is 0.312 e. The minimum Gasteiger partial charge on any atom is -0.465 e. The minimum atomic E-state index is -0.526. The number of ether oxygens (including phenoxy) is 1. The highest BCUT2D eigenvalue weighted by Gasteiger charge is 2.50. The van der Waals surface area contributed by atoms with Crippen LogP contribution in [0.3, 0.4) is 0 Å². The second kappa shape index (κ2) is 7.70. The van der Waals surface area contributed by atoms with Crippen LogP contribution in [0.15, 0.2) is 28.7 Å². The third-order valence-corrected chi connectivity index (χ3v) is 5.37. The monoisotopic (exact) mass is 391 g/mol. The van der Waals surface area contributed by atoms with E-state index in [2.05, 4.69) is 22.0 Å². The van der Waals surface area contributed by atoms with Gasteiger partial charge in [0, 0.05) is 4.47 Å². The van der Waals surface area contributed by atoms with Gasteiger partial charge in [-0.2, -0.15) is 5.26 Å². The Labute approximate surface area is 153 Å². The number of nitriles is 1. The summed E-state index contributed by atoms with van der Waals surface area (Å²) in [5.74, 6) is 0.320. The van der Waals surface area contributed by atoms with E-state index in [0.717, 1.165) is 42.1 Å². The molecule has 24 heavy (non-hydrogen) atoms. The fourth-order valence-electron chi connectivity index (χ4n) is 2.98. The molecule has 1 unspecified atom stereocenters. The molecule has 0 heterocycles. The van der Waals surface area contributed by atoms with E-state index in [1.165, 1.54) is 0 Å². The molecule has 0 amide bonds. The molecule has 1 aliphatic carbocycles. The number of esters is 1. The van der Waals surface area contributed by atoms with Gasteiger partial charge in [-0.05, 0) is 56.2 Å². The van der Waals surface area contributed by atoms with Crippen molar-refractivity contribution < 1.29 is 9.53 Å². The van der Waals surface area contributed by atoms with E-state index < -0.39 is 5.41 Å². The average molecular weight is 392 g/mol. The van der Waals surface area contributed by atoms with Crippen LogP contribution < -0.4 is 0 Å². The first-order chi connectivity index (χ1) is 11.3. The first kappa shape index (κ1) is 19.0. The molecule has 0 N–H and O–H groups in total. The van der Waals surface area contributed by atoms with Gasteiger partial charge >= 0.3 is 5.97 Å². The van der Waals surface area contributed by atoms with Crippen molar-refractivity contribution in [2.45, 2.75) is 58.3 Å². The lowest BCUT2D eigenvalue weighted by Gasteiger charge is -2.23. The fraction of sp³-hybridized carbons (Fsp3) is 0.600. The largest absolute Gasteiger partial charge is 0.465 e. The standard InChI is InChI=1S/C20H26BrNO2/c1-15(2)13-24-18(23)20(10-11-20)9-5-8-19(3,14-22)16-6-4-7-17(21)12-16/h4,6-7,12,15H,5,8-11,13H2,1-3H3. The lowest BCUT2D eigenvalue weighted by atomic mass is 9.78. The molecule has 0 aromatic heterocycles. The van der Waals surface area contributed by atoms with Crippen LogP contribution in [0.5, 0.6) is 0 Å². The van der Waals surface area contributed by atoms with Crippen LogP contribution in [0.4, 0.5) is 0 Å². The third-order valence-electron chi connectivity index (χ3n) is 4.87. The van der Waals surface area contributed by atoms with Crippen molar-refractivity contribution in [2.24, 2.45) is 11.3 Å². The van der Waals surface area contributed by atoms with Gasteiger partial charge < -0.3 is 4.74 Å². The van der Waals surface area contributed by atoms with E-state index in [1.807, 2.05) is 45.0 Å². The number of hydrogen-bond donors (Lipinski definition) is 0. The van der Waals surface area contributed by atoms with Crippen molar-refractivity contribution in [2.75, 3.05) is 6.61 Å². The van der Waals surface area contributed by atoms with Gasteiger partial charge in [0.05, 0.1) is 23.5 Å². The summed E-state index contributed by atoms with van der Waals surface area (Å²) in [5, 5.41) is 9.67. The van der Waals surface area contributed by atoms with Gasteiger partial charge in [0.1, 0.15) is 0 Å². The lowest BCUT2D eigenvalue weighted by Crippen LogP contribution is -2.23. The van der Waals surface area contributed by atoms with Gasteiger partial charge in [0.2, 0.25) is 0 Å². The molecule has 1 atom stereocenters. The van der Waals surface area contributed by atoms with Gasteiger partial charge in [0.25, 0.3) is 0 Å². The van der Waals surface area contributed by atoms with Gasteiger partial charge in [-0.1, -0.05) is 48.3 Å². The van der Waals surface area contributed by atoms with Crippen LogP contribution in [0, 0.1) is 22.7 Å². The Hall–Kier alpha value is -1.34. The number of hydrogen-bond acceptors (Lipinski definition) is 3. The minimum absolute atomic E-state index is 0.0442. The Morgan fingerprint density at radius 3 is 2.71 bits per heavy atom. The zero-order chi connectivity index (χ0) is 17.8. The average Bonchev–Trinajstić information content (AvgIpc) is 3.33. The van der Waals surface area contributed by atoms with Crippen LogP contribution in [-0.4, -0.2) is 12.6 Å². The van der Waals surface area contributed by atoms with E-state index in [0.29, 0.717) is 12.5 Å². The molecule has 0 bridgehead atoms. The van der Waals surface area contributed by atoms with Gasteiger partial charge in [-0.25, -0.2) is 0 Å². The van der Waals surface area contributed by atoms with Crippen molar-refractivity contribution in [3.05, 3.63) is 34.3 Å². The number of carbonyl (C=O) groups is 1. The molecule has 130 valence electrons. The van der Waals surface area contributed by atoms with E-state index in [4.69, 9.17) is 4.74 Å². The van der Waals surface area contributed by atoms with E-state index in [1.54, 1.807) is 0 Å². The molecule has 1 aromatic rings. The number of halogens is 1. The summed E-state index contributed by atoms with van der Waals surface area (Å²) in [5.41, 5.74) is 0.219. The summed E-state index contributed by atoms with van der Waals surface area (Å²) >= 11 is 3.47. The van der Waals surface area contributed by atoms with Crippen LogP contribution in [0.1, 0.15) is 58.4 Å². The third kappa shape index (κ3) is 4.60. The maximum Gasteiger partial charge on any atom is 0.312 e. The molecule has 1 aliphatic rings. The van der Waals surface area contributed by atoms with Crippen molar-refractivity contribution >= 4 is 21.9 Å². The van der Waals surface area contributed by atoms with Crippen LogP contribution in [-0.2, 0) is 14.9 Å². The molecule has 4 heteroatoms. The summed E-state index contributed by atoms with van der Waals surface area (Å²) in [6.45, 7) is 6.56. The Bertz CT molecular complexity index is 631. The summed E-state index contributed by atoms with van der Waals surface area (Å²) in [6.07, 6.45) is 4.26. The first-order valence-corrected chi connectivity index (χ1v) is 9.45. The molecular weight excluding hydrogens is 366 g/mol. The van der Waals surface area contributed by atoms with Gasteiger partial charge in [0.15, 0.2) is 0 Å². The van der Waals surface area contributed by atoms with Crippen molar-refractivity contribution in [1.29, 1.82) is 5.26 Å². The molecule has 1 fully saturated rings. The first-order valence-electron chi connectivity index (χ1n) is 8.66. The Kier molecular flexibility index (Phi) is 6.09. The molecule has 0 radical (unpaired) electrons. The number of nitrogens with zero attached hydrogens (tertiary/aromatic N) is 1. The molecule has 3 nitrogen and oxygen atoms in total. The molecule has 0 saturated heterocycles. The zero-order valence-corrected chi connectivity index (χ0v) is 16.4. The molecule has 1 saturated carbocycles. The van der Waals surface area contributed by atoms with Crippen LogP contribution in [0.25, 0.3) is 0 Å². The highest BCUT2D eigenvalue weighted by Crippen LogP contribution is 2.51. The molecular formula is C20H26BrNO2. The molecule has 2 rings (SSSR count). The van der Waals surface area contributed by atoms with Crippen LogP contribution >= 0.6 is 15.9 Å². The Morgan fingerprint density at radius 1 is 1.46 bits per heavy atom. The second-order valence-electron chi connectivity index (χ2n) is 7.58. The second-order valence-corrected chi connectivity index (χ2v) is 8.50. The van der Waals surface area contributed by atoms with Crippen molar-refractivity contribution in [3.63, 3.8) is 0 Å². The molecule has 0 aliphatic heterocycles. The predicted molar refractivity (Wildman–Crippen MR) is 98.4 cm³/mol. The normalized spacial score (nSPS) is 17.8. The van der Waals surface area contributed by atoms with Crippen molar-refractivity contribution in [1.82, 2.24) is 0 Å². The maximum atomic E-state index is 12.3. The van der Waals surface area contributed by atoms with Gasteiger partial charge in [-0.15, -0.1) is 0 Å². The molecule has 1 aromatic carbocycles. The van der Waals surface area contributed by atoms with Crippen molar-refractivity contribution in [3.8, 4) is 6.07 Å². The summed E-state index contributed by atoms with van der Waals surface area (Å²) < 4.78 is 6.41. The molecule has 0 spiro atoms. The number of carbonyl (C=O) groups excluding carboxylic acids is 1. The Morgan fingerprint density at radius 2 is 2.17 bits per heavy atom. The highest BCUT2D eigenvalue weighted by molar-refractivity contribution is 9.10. The number of benzene rings is 1. The fourth-order valence-corrected chi connectivity index (χ4v) is 3.38.